The van der Waals surface area contributed by atoms with E-state index in [-0.39, 0.29) is 5.78 Å². The van der Waals surface area contributed by atoms with Crippen molar-refractivity contribution in [2.24, 2.45) is 0 Å². The van der Waals surface area contributed by atoms with Crippen molar-refractivity contribution in [1.82, 2.24) is 0 Å². The van der Waals surface area contributed by atoms with Gasteiger partial charge in [-0.2, -0.15) is 0 Å². The Bertz CT molecular complexity index is 279. The molecular formula is C10H12BrNO. The van der Waals surface area contributed by atoms with Gasteiger partial charge in [-0.1, -0.05) is 33.7 Å². The van der Waals surface area contributed by atoms with Gasteiger partial charge < -0.3 is 5.41 Å². The number of halogens is 1. The number of Topliss-reactive ketones (excluding diaryl/α,β-unsaturated/α-hetero) is 1. The minimum atomic E-state index is -0.0950. The molecule has 0 unspecified atom stereocenters. The third-order valence-electron chi connectivity index (χ3n) is 2.05. The molecule has 13 heavy (non-hydrogen) atoms. The maximum Gasteiger partial charge on any atom is 0.173 e. The van der Waals surface area contributed by atoms with Gasteiger partial charge in [0.05, 0.1) is 6.21 Å². The fourth-order valence-electron chi connectivity index (χ4n) is 1.27. The van der Waals surface area contributed by atoms with E-state index in [4.69, 9.17) is 5.41 Å². The molecule has 0 aromatic carbocycles. The first kappa shape index (κ1) is 10.4. The fraction of sp³-hybridized carbons (Fsp3) is 0.400. The smallest absolute Gasteiger partial charge is 0.173 e. The molecule has 0 aliphatic heterocycles. The first-order valence-corrected chi connectivity index (χ1v) is 5.10. The maximum absolute atomic E-state index is 10.9. The van der Waals surface area contributed by atoms with Crippen LogP contribution in [0.25, 0.3) is 0 Å². The lowest BCUT2D eigenvalue weighted by Crippen LogP contribution is -2.00. The number of hydrogen-bond acceptors (Lipinski definition) is 2. The molecular weight excluding hydrogens is 230 g/mol. The maximum atomic E-state index is 10.9. The molecule has 0 aromatic heterocycles. The van der Waals surface area contributed by atoms with E-state index in [0.717, 1.165) is 30.0 Å². The number of allylic oxidation sites excluding steroid dienone is 4. The number of rotatable bonds is 4. The first-order valence-electron chi connectivity index (χ1n) is 4.31. The molecule has 0 saturated heterocycles. The second kappa shape index (κ2) is 5.12. The van der Waals surface area contributed by atoms with E-state index in [0.29, 0.717) is 6.42 Å². The molecule has 0 atom stereocenters. The Hall–Kier alpha value is -0.700. The van der Waals surface area contributed by atoms with Gasteiger partial charge in [-0.05, 0) is 19.3 Å². The van der Waals surface area contributed by atoms with Gasteiger partial charge in [-0.25, -0.2) is 0 Å². The third-order valence-corrected chi connectivity index (χ3v) is 2.87. The van der Waals surface area contributed by atoms with Crippen molar-refractivity contribution >= 4 is 27.9 Å². The largest absolute Gasteiger partial charge is 0.305 e. The van der Waals surface area contributed by atoms with Crippen LogP contribution in [0.3, 0.4) is 0 Å². The van der Waals surface area contributed by atoms with E-state index in [9.17, 15) is 4.79 Å². The minimum Gasteiger partial charge on any atom is -0.305 e. The number of ketones is 1. The van der Waals surface area contributed by atoms with E-state index >= 15 is 0 Å². The third kappa shape index (κ3) is 3.27. The summed E-state index contributed by atoms with van der Waals surface area (Å²) in [5.41, 5.74) is 1.29. The van der Waals surface area contributed by atoms with Gasteiger partial charge in [0.15, 0.2) is 5.78 Å². The molecule has 0 fully saturated rings. The average Bonchev–Trinajstić information content (AvgIpc) is 2.16. The summed E-state index contributed by atoms with van der Waals surface area (Å²) < 4.78 is 1.11. The van der Waals surface area contributed by atoms with Crippen LogP contribution in [-0.4, -0.2) is 12.0 Å². The van der Waals surface area contributed by atoms with Crippen LogP contribution in [0.1, 0.15) is 25.7 Å². The highest BCUT2D eigenvalue weighted by Gasteiger charge is 2.07. The van der Waals surface area contributed by atoms with Crippen molar-refractivity contribution in [2.45, 2.75) is 25.7 Å². The highest BCUT2D eigenvalue weighted by molar-refractivity contribution is 9.11. The minimum absolute atomic E-state index is 0.0950. The summed E-state index contributed by atoms with van der Waals surface area (Å²) >= 11 is 3.45. The lowest BCUT2D eigenvalue weighted by Gasteiger charge is -2.10. The topological polar surface area (TPSA) is 40.9 Å². The number of nitrogens with one attached hydrogen (secondary N) is 1. The molecule has 0 radical (unpaired) electrons. The molecule has 2 nitrogen and oxygen atoms in total. The van der Waals surface area contributed by atoms with Crippen molar-refractivity contribution in [3.8, 4) is 0 Å². The Morgan fingerprint density at radius 1 is 1.69 bits per heavy atom. The van der Waals surface area contributed by atoms with Crippen molar-refractivity contribution in [1.29, 1.82) is 5.41 Å². The molecule has 70 valence electrons. The summed E-state index contributed by atoms with van der Waals surface area (Å²) in [5.74, 6) is -0.0950. The molecule has 0 aromatic rings. The SMILES string of the molecule is N=CC(=O)CCC1=C(Br)C=CCC1. The van der Waals surface area contributed by atoms with Gasteiger partial charge in [0.25, 0.3) is 0 Å². The Morgan fingerprint density at radius 3 is 3.08 bits per heavy atom. The normalized spacial score (nSPS) is 16.1. The number of carbonyl (C=O) groups excluding carboxylic acids is 1. The summed E-state index contributed by atoms with van der Waals surface area (Å²) in [6, 6.07) is 0. The number of hydrogen-bond donors (Lipinski definition) is 1. The predicted molar refractivity (Wildman–Crippen MR) is 57.4 cm³/mol. The van der Waals surface area contributed by atoms with Crippen molar-refractivity contribution in [3.63, 3.8) is 0 Å². The van der Waals surface area contributed by atoms with Gasteiger partial charge in [-0.15, -0.1) is 0 Å². The zero-order valence-electron chi connectivity index (χ0n) is 7.35. The Balaban J connectivity index is 2.48. The van der Waals surface area contributed by atoms with Crippen molar-refractivity contribution in [2.75, 3.05) is 0 Å². The van der Waals surface area contributed by atoms with Gasteiger partial charge in [0, 0.05) is 10.9 Å². The van der Waals surface area contributed by atoms with Crippen LogP contribution in [0.15, 0.2) is 22.2 Å². The Morgan fingerprint density at radius 2 is 2.46 bits per heavy atom. The molecule has 0 bridgehead atoms. The standard InChI is InChI=1S/C10H12BrNO/c11-10-4-2-1-3-8(10)5-6-9(13)7-12/h2,4,7,12H,1,3,5-6H2. The number of carbonyl (C=O) groups is 1. The summed E-state index contributed by atoms with van der Waals surface area (Å²) in [5, 5.41) is 6.76. The molecule has 1 aliphatic rings. The molecule has 1 aliphatic carbocycles. The first-order chi connectivity index (χ1) is 6.24. The summed E-state index contributed by atoms with van der Waals surface area (Å²) in [4.78, 5) is 10.9. The second-order valence-electron chi connectivity index (χ2n) is 3.00. The van der Waals surface area contributed by atoms with E-state index < -0.39 is 0 Å². The van der Waals surface area contributed by atoms with Crippen LogP contribution in [0, 0.1) is 5.41 Å². The predicted octanol–water partition coefficient (Wildman–Crippen LogP) is 2.98. The van der Waals surface area contributed by atoms with Crippen LogP contribution >= 0.6 is 15.9 Å². The molecule has 0 saturated carbocycles. The zero-order chi connectivity index (χ0) is 9.68. The molecule has 1 N–H and O–H groups in total. The van der Waals surface area contributed by atoms with E-state index in [1.54, 1.807) is 0 Å². The van der Waals surface area contributed by atoms with Crippen LogP contribution in [0.4, 0.5) is 0 Å². The highest BCUT2D eigenvalue weighted by atomic mass is 79.9. The molecule has 0 spiro atoms. The van der Waals surface area contributed by atoms with Crippen molar-refractivity contribution < 1.29 is 4.79 Å². The zero-order valence-corrected chi connectivity index (χ0v) is 8.93. The highest BCUT2D eigenvalue weighted by Crippen LogP contribution is 2.26. The van der Waals surface area contributed by atoms with Crippen molar-refractivity contribution in [3.05, 3.63) is 22.2 Å². The average molecular weight is 242 g/mol. The lowest BCUT2D eigenvalue weighted by atomic mass is 9.99. The van der Waals surface area contributed by atoms with E-state index in [1.807, 2.05) is 6.08 Å². The monoisotopic (exact) mass is 241 g/mol. The van der Waals surface area contributed by atoms with Crippen LogP contribution < -0.4 is 0 Å². The van der Waals surface area contributed by atoms with Crippen LogP contribution in [0.5, 0.6) is 0 Å². The second-order valence-corrected chi connectivity index (χ2v) is 3.86. The van der Waals surface area contributed by atoms with Gasteiger partial charge in [0.1, 0.15) is 0 Å². The Kier molecular flexibility index (Phi) is 4.09. The van der Waals surface area contributed by atoms with Gasteiger partial charge in [0.2, 0.25) is 0 Å². The van der Waals surface area contributed by atoms with E-state index in [1.165, 1.54) is 5.57 Å². The summed E-state index contributed by atoms with van der Waals surface area (Å²) in [6.07, 6.45) is 8.37. The van der Waals surface area contributed by atoms with Crippen LogP contribution in [0.2, 0.25) is 0 Å². The van der Waals surface area contributed by atoms with E-state index in [2.05, 4.69) is 22.0 Å². The molecule has 0 heterocycles. The summed E-state index contributed by atoms with van der Waals surface area (Å²) in [6.45, 7) is 0. The molecule has 1 rings (SSSR count). The fourth-order valence-corrected chi connectivity index (χ4v) is 1.86. The molecule has 0 amide bonds. The van der Waals surface area contributed by atoms with Gasteiger partial charge >= 0.3 is 0 Å². The lowest BCUT2D eigenvalue weighted by molar-refractivity contribution is -0.112. The quantitative estimate of drug-likeness (QED) is 0.756. The Labute approximate surface area is 86.4 Å². The van der Waals surface area contributed by atoms with Crippen LogP contribution in [-0.2, 0) is 4.79 Å². The molecule has 3 heteroatoms. The van der Waals surface area contributed by atoms with Gasteiger partial charge in [-0.3, -0.25) is 4.79 Å². The summed E-state index contributed by atoms with van der Waals surface area (Å²) in [7, 11) is 0.